The standard InChI is InChI=1S/C10H13FN2OS/c1-5-12(4)10(14)9-7(2)6-8(3)13(9)15-11/h5-6H,1H2,2-4H3. The molecule has 0 radical (unpaired) electrons. The zero-order valence-corrected chi connectivity index (χ0v) is 9.77. The van der Waals surface area contributed by atoms with Gasteiger partial charge in [-0.25, -0.2) is 0 Å². The van der Waals surface area contributed by atoms with Crippen molar-refractivity contribution in [2.45, 2.75) is 13.8 Å². The molecule has 0 unspecified atom stereocenters. The van der Waals surface area contributed by atoms with E-state index in [2.05, 4.69) is 6.58 Å². The summed E-state index contributed by atoms with van der Waals surface area (Å²) >= 11 is 0.0340. The van der Waals surface area contributed by atoms with E-state index in [0.717, 1.165) is 5.56 Å². The maximum Gasteiger partial charge on any atom is 0.275 e. The van der Waals surface area contributed by atoms with Gasteiger partial charge >= 0.3 is 0 Å². The number of rotatable bonds is 3. The fraction of sp³-hybridized carbons (Fsp3) is 0.300. The number of aryl methyl sites for hydroxylation is 2. The molecule has 0 spiro atoms. The van der Waals surface area contributed by atoms with Gasteiger partial charge in [-0.05, 0) is 31.7 Å². The van der Waals surface area contributed by atoms with E-state index in [1.54, 1.807) is 27.0 Å². The van der Waals surface area contributed by atoms with Gasteiger partial charge in [-0.2, -0.15) is 0 Å². The zero-order valence-electron chi connectivity index (χ0n) is 8.95. The summed E-state index contributed by atoms with van der Waals surface area (Å²) in [5, 5.41) is 0. The predicted molar refractivity (Wildman–Crippen MR) is 60.3 cm³/mol. The van der Waals surface area contributed by atoms with Crippen LogP contribution in [-0.4, -0.2) is 21.8 Å². The van der Waals surface area contributed by atoms with Crippen molar-refractivity contribution in [2.24, 2.45) is 0 Å². The Kier molecular flexibility index (Phi) is 3.57. The number of carbonyl (C=O) groups excluding carboxylic acids is 1. The Hall–Kier alpha value is -1.23. The molecule has 3 nitrogen and oxygen atoms in total. The summed E-state index contributed by atoms with van der Waals surface area (Å²) in [5.74, 6) is -0.263. The molecule has 0 fully saturated rings. The van der Waals surface area contributed by atoms with Gasteiger partial charge in [0.1, 0.15) is 5.69 Å². The normalized spacial score (nSPS) is 10.1. The van der Waals surface area contributed by atoms with Crippen LogP contribution in [0.3, 0.4) is 0 Å². The predicted octanol–water partition coefficient (Wildman–Crippen LogP) is 2.70. The van der Waals surface area contributed by atoms with Crippen molar-refractivity contribution in [3.05, 3.63) is 35.8 Å². The van der Waals surface area contributed by atoms with Gasteiger partial charge < -0.3 is 4.90 Å². The second kappa shape index (κ2) is 4.53. The molecule has 1 heterocycles. The minimum atomic E-state index is -0.263. The Balaban J connectivity index is 3.23. The van der Waals surface area contributed by atoms with Gasteiger partial charge in [0.05, 0.1) is 0 Å². The highest BCUT2D eigenvalue weighted by atomic mass is 32.2. The molecule has 82 valence electrons. The second-order valence-electron chi connectivity index (χ2n) is 3.28. The summed E-state index contributed by atoms with van der Waals surface area (Å²) in [6.45, 7) is 7.03. The fourth-order valence-electron chi connectivity index (χ4n) is 1.37. The van der Waals surface area contributed by atoms with Crippen LogP contribution >= 0.6 is 12.3 Å². The minimum absolute atomic E-state index is 0.0340. The van der Waals surface area contributed by atoms with Crippen molar-refractivity contribution in [3.8, 4) is 0 Å². The van der Waals surface area contributed by atoms with Gasteiger partial charge in [-0.15, -0.1) is 3.89 Å². The number of aromatic nitrogens is 1. The highest BCUT2D eigenvalue weighted by molar-refractivity contribution is 7.92. The van der Waals surface area contributed by atoms with Crippen LogP contribution in [0, 0.1) is 13.8 Å². The Morgan fingerprint density at radius 2 is 2.27 bits per heavy atom. The smallest absolute Gasteiger partial charge is 0.275 e. The Morgan fingerprint density at radius 1 is 1.67 bits per heavy atom. The largest absolute Gasteiger partial charge is 0.317 e. The van der Waals surface area contributed by atoms with Crippen molar-refractivity contribution in [1.82, 2.24) is 8.87 Å². The van der Waals surface area contributed by atoms with Crippen molar-refractivity contribution in [2.75, 3.05) is 7.05 Å². The number of amides is 1. The van der Waals surface area contributed by atoms with Crippen LogP contribution in [-0.2, 0) is 0 Å². The third kappa shape index (κ3) is 2.07. The Morgan fingerprint density at radius 3 is 2.73 bits per heavy atom. The molecule has 0 saturated carbocycles. The first kappa shape index (κ1) is 11.8. The summed E-state index contributed by atoms with van der Waals surface area (Å²) in [5.41, 5.74) is 1.82. The molecule has 1 aromatic rings. The molecule has 5 heteroatoms. The van der Waals surface area contributed by atoms with Crippen LogP contribution in [0.1, 0.15) is 21.7 Å². The fourth-order valence-corrected chi connectivity index (χ4v) is 1.82. The number of halogens is 1. The average molecular weight is 228 g/mol. The second-order valence-corrected chi connectivity index (χ2v) is 3.78. The monoisotopic (exact) mass is 228 g/mol. The summed E-state index contributed by atoms with van der Waals surface area (Å²) < 4.78 is 13.9. The molecular weight excluding hydrogens is 215 g/mol. The lowest BCUT2D eigenvalue weighted by Gasteiger charge is -2.13. The van der Waals surface area contributed by atoms with E-state index in [1.165, 1.54) is 15.1 Å². The molecule has 0 aromatic carbocycles. The molecule has 1 amide bonds. The van der Waals surface area contributed by atoms with Gasteiger partial charge in [0.2, 0.25) is 0 Å². The highest BCUT2D eigenvalue weighted by Crippen LogP contribution is 2.23. The highest BCUT2D eigenvalue weighted by Gasteiger charge is 2.20. The van der Waals surface area contributed by atoms with Crippen LogP contribution < -0.4 is 0 Å². The number of carbonyl (C=O) groups is 1. The van der Waals surface area contributed by atoms with E-state index >= 15 is 0 Å². The van der Waals surface area contributed by atoms with Gasteiger partial charge in [0.25, 0.3) is 5.91 Å². The Bertz CT molecular complexity index is 400. The van der Waals surface area contributed by atoms with Gasteiger partial charge in [0, 0.05) is 12.7 Å². The lowest BCUT2D eigenvalue weighted by molar-refractivity contribution is 0.0843. The molecular formula is C10H13FN2OS. The summed E-state index contributed by atoms with van der Waals surface area (Å²) in [7, 11) is 1.59. The molecule has 0 aliphatic heterocycles. The zero-order chi connectivity index (χ0) is 11.6. The molecule has 0 N–H and O–H groups in total. The lowest BCUT2D eigenvalue weighted by atomic mass is 10.2. The van der Waals surface area contributed by atoms with Crippen molar-refractivity contribution in [3.63, 3.8) is 0 Å². The average Bonchev–Trinajstić information content (AvgIpc) is 2.50. The van der Waals surface area contributed by atoms with Gasteiger partial charge in [0.15, 0.2) is 12.3 Å². The van der Waals surface area contributed by atoms with E-state index in [9.17, 15) is 8.68 Å². The lowest BCUT2D eigenvalue weighted by Crippen LogP contribution is -2.23. The first-order valence-corrected chi connectivity index (χ1v) is 5.08. The number of hydrogen-bond donors (Lipinski definition) is 0. The summed E-state index contributed by atoms with van der Waals surface area (Å²) in [6, 6.07) is 1.77. The topological polar surface area (TPSA) is 25.2 Å². The van der Waals surface area contributed by atoms with Crippen LogP contribution in [0.15, 0.2) is 18.8 Å². The maximum atomic E-state index is 12.7. The van der Waals surface area contributed by atoms with Crippen LogP contribution in [0.2, 0.25) is 0 Å². The third-order valence-corrected chi connectivity index (χ3v) is 2.80. The molecule has 15 heavy (non-hydrogen) atoms. The van der Waals surface area contributed by atoms with Gasteiger partial charge in [-0.1, -0.05) is 6.58 Å². The van der Waals surface area contributed by atoms with Crippen molar-refractivity contribution < 1.29 is 8.68 Å². The van der Waals surface area contributed by atoms with Crippen molar-refractivity contribution >= 4 is 18.2 Å². The van der Waals surface area contributed by atoms with E-state index in [1.807, 2.05) is 0 Å². The molecule has 0 saturated heterocycles. The Labute approximate surface area is 93.0 Å². The van der Waals surface area contributed by atoms with Crippen molar-refractivity contribution in [1.29, 1.82) is 0 Å². The molecule has 1 aromatic heterocycles. The van der Waals surface area contributed by atoms with E-state index < -0.39 is 0 Å². The molecule has 0 atom stereocenters. The van der Waals surface area contributed by atoms with Crippen LogP contribution in [0.4, 0.5) is 3.89 Å². The first-order chi connectivity index (χ1) is 7.02. The minimum Gasteiger partial charge on any atom is -0.317 e. The number of hydrogen-bond acceptors (Lipinski definition) is 2. The third-order valence-electron chi connectivity index (χ3n) is 2.19. The number of nitrogens with zero attached hydrogens (tertiary/aromatic N) is 2. The van der Waals surface area contributed by atoms with E-state index in [-0.39, 0.29) is 18.2 Å². The van der Waals surface area contributed by atoms with E-state index in [4.69, 9.17) is 0 Å². The van der Waals surface area contributed by atoms with E-state index in [0.29, 0.717) is 11.4 Å². The molecule has 0 aliphatic carbocycles. The first-order valence-electron chi connectivity index (χ1n) is 4.40. The summed E-state index contributed by atoms with van der Waals surface area (Å²) in [6.07, 6.45) is 1.40. The SMILES string of the molecule is C=CN(C)C(=O)c1c(C)cc(C)n1SF. The molecule has 0 bridgehead atoms. The van der Waals surface area contributed by atoms with Crippen LogP contribution in [0.25, 0.3) is 0 Å². The maximum absolute atomic E-state index is 12.7. The van der Waals surface area contributed by atoms with Crippen LogP contribution in [0.5, 0.6) is 0 Å². The summed E-state index contributed by atoms with van der Waals surface area (Å²) in [4.78, 5) is 13.2. The molecule has 1 rings (SSSR count). The van der Waals surface area contributed by atoms with Gasteiger partial charge in [-0.3, -0.25) is 8.77 Å². The quantitative estimate of drug-likeness (QED) is 0.794. The molecule has 0 aliphatic rings.